The Hall–Kier alpha value is -1.69. The van der Waals surface area contributed by atoms with Crippen molar-refractivity contribution < 1.29 is 19.5 Å². The lowest BCUT2D eigenvalue weighted by molar-refractivity contribution is -0.152. The fraction of sp³-hybridized carbons (Fsp3) is 0.357. The molecule has 0 spiro atoms. The van der Waals surface area contributed by atoms with Crippen molar-refractivity contribution in [3.05, 3.63) is 28.7 Å². The summed E-state index contributed by atoms with van der Waals surface area (Å²) in [7, 11) is 0. The van der Waals surface area contributed by atoms with Gasteiger partial charge in [-0.3, -0.25) is 19.3 Å². The molecule has 2 amide bonds. The fourth-order valence-corrected chi connectivity index (χ4v) is 2.47. The molecule has 0 saturated carbocycles. The van der Waals surface area contributed by atoms with Crippen molar-refractivity contribution in [2.45, 2.75) is 20.3 Å². The molecule has 6 heteroatoms. The molecule has 5 nitrogen and oxygen atoms in total. The summed E-state index contributed by atoms with van der Waals surface area (Å²) in [5.74, 6) is -2.74. The Kier molecular flexibility index (Phi) is 3.69. The van der Waals surface area contributed by atoms with Crippen LogP contribution in [-0.2, 0) is 14.4 Å². The quantitative estimate of drug-likeness (QED) is 0.858. The number of carboxylic acids is 1. The second-order valence-corrected chi connectivity index (χ2v) is 6.24. The topological polar surface area (TPSA) is 74.7 Å². The SMILES string of the molecule is CC(C)(C(=O)O)[C@H]1CC(=O)N(c2ccc(Br)cc2)C1=O. The van der Waals surface area contributed by atoms with Crippen molar-refractivity contribution in [2.24, 2.45) is 11.3 Å². The highest BCUT2D eigenvalue weighted by Gasteiger charge is 2.50. The van der Waals surface area contributed by atoms with Crippen LogP contribution in [0.25, 0.3) is 0 Å². The zero-order chi connectivity index (χ0) is 15.1. The lowest BCUT2D eigenvalue weighted by atomic mass is 9.78. The van der Waals surface area contributed by atoms with Crippen molar-refractivity contribution in [1.29, 1.82) is 0 Å². The molecular weight excluding hydrogens is 326 g/mol. The number of carboxylic acid groups (broad SMARTS) is 1. The van der Waals surface area contributed by atoms with Gasteiger partial charge in [0.1, 0.15) is 0 Å². The van der Waals surface area contributed by atoms with Gasteiger partial charge in [-0.05, 0) is 38.1 Å². The molecule has 0 bridgehead atoms. The Labute approximate surface area is 124 Å². The van der Waals surface area contributed by atoms with E-state index in [1.165, 1.54) is 13.8 Å². The van der Waals surface area contributed by atoms with E-state index in [0.29, 0.717) is 5.69 Å². The summed E-state index contributed by atoms with van der Waals surface area (Å²) in [4.78, 5) is 36.8. The molecular formula is C14H14BrNO4. The molecule has 2 rings (SSSR count). The summed E-state index contributed by atoms with van der Waals surface area (Å²) in [5, 5.41) is 9.21. The highest BCUT2D eigenvalue weighted by Crippen LogP contribution is 2.38. The number of amides is 2. The Morgan fingerprint density at radius 1 is 1.30 bits per heavy atom. The second-order valence-electron chi connectivity index (χ2n) is 5.33. The number of carbonyl (C=O) groups excluding carboxylic acids is 2. The summed E-state index contributed by atoms with van der Waals surface area (Å²) >= 11 is 3.28. The predicted octanol–water partition coefficient (Wildman–Crippen LogP) is 2.44. The van der Waals surface area contributed by atoms with E-state index in [4.69, 9.17) is 0 Å². The lowest BCUT2D eigenvalue weighted by Gasteiger charge is -2.25. The first-order valence-electron chi connectivity index (χ1n) is 6.11. The van der Waals surface area contributed by atoms with Crippen molar-refractivity contribution >= 4 is 39.4 Å². The van der Waals surface area contributed by atoms with Crippen molar-refractivity contribution in [1.82, 2.24) is 0 Å². The third-order valence-corrected chi connectivity index (χ3v) is 4.18. The minimum atomic E-state index is -1.27. The van der Waals surface area contributed by atoms with Gasteiger partial charge in [0.2, 0.25) is 11.8 Å². The van der Waals surface area contributed by atoms with E-state index >= 15 is 0 Å². The third-order valence-electron chi connectivity index (χ3n) is 3.65. The predicted molar refractivity (Wildman–Crippen MR) is 76.2 cm³/mol. The van der Waals surface area contributed by atoms with Gasteiger partial charge >= 0.3 is 5.97 Å². The fourth-order valence-electron chi connectivity index (χ4n) is 2.21. The maximum Gasteiger partial charge on any atom is 0.309 e. The van der Waals surface area contributed by atoms with Gasteiger partial charge in [0, 0.05) is 10.9 Å². The van der Waals surface area contributed by atoms with Crippen LogP contribution in [0, 0.1) is 11.3 Å². The average Bonchev–Trinajstić information content (AvgIpc) is 2.67. The van der Waals surface area contributed by atoms with Gasteiger partial charge in [0.25, 0.3) is 0 Å². The molecule has 1 aliphatic rings. The van der Waals surface area contributed by atoms with E-state index in [-0.39, 0.29) is 12.3 Å². The Morgan fingerprint density at radius 3 is 2.35 bits per heavy atom. The van der Waals surface area contributed by atoms with Crippen LogP contribution in [0.15, 0.2) is 28.7 Å². The summed E-state index contributed by atoms with van der Waals surface area (Å²) < 4.78 is 0.836. The summed E-state index contributed by atoms with van der Waals surface area (Å²) in [5.41, 5.74) is -0.802. The van der Waals surface area contributed by atoms with Crippen molar-refractivity contribution in [2.75, 3.05) is 4.90 Å². The molecule has 0 radical (unpaired) electrons. The number of halogens is 1. The number of aliphatic carboxylic acids is 1. The molecule has 1 saturated heterocycles. The molecule has 1 N–H and O–H groups in total. The first kappa shape index (κ1) is 14.7. The van der Waals surface area contributed by atoms with Crippen LogP contribution in [0.1, 0.15) is 20.3 Å². The smallest absolute Gasteiger partial charge is 0.309 e. The molecule has 1 aromatic carbocycles. The monoisotopic (exact) mass is 339 g/mol. The number of imide groups is 1. The molecule has 0 aliphatic carbocycles. The molecule has 1 aliphatic heterocycles. The molecule has 0 aromatic heterocycles. The van der Waals surface area contributed by atoms with Crippen LogP contribution in [0.2, 0.25) is 0 Å². The summed E-state index contributed by atoms with van der Waals surface area (Å²) in [6.07, 6.45) is -0.0752. The minimum absolute atomic E-state index is 0.0752. The maximum absolute atomic E-state index is 12.4. The zero-order valence-corrected chi connectivity index (χ0v) is 12.7. The second kappa shape index (κ2) is 5.01. The van der Waals surface area contributed by atoms with E-state index < -0.39 is 23.2 Å². The van der Waals surface area contributed by atoms with Gasteiger partial charge in [0.05, 0.1) is 17.0 Å². The molecule has 1 aromatic rings. The van der Waals surface area contributed by atoms with Gasteiger partial charge in [0.15, 0.2) is 0 Å². The number of rotatable bonds is 3. The Balaban J connectivity index is 2.35. The van der Waals surface area contributed by atoms with E-state index in [0.717, 1.165) is 9.37 Å². The van der Waals surface area contributed by atoms with Gasteiger partial charge in [-0.2, -0.15) is 0 Å². The Bertz CT molecular complexity index is 579. The number of carbonyl (C=O) groups is 3. The van der Waals surface area contributed by atoms with Crippen LogP contribution in [0.3, 0.4) is 0 Å². The highest BCUT2D eigenvalue weighted by atomic mass is 79.9. The van der Waals surface area contributed by atoms with Crippen LogP contribution in [-0.4, -0.2) is 22.9 Å². The van der Waals surface area contributed by atoms with Gasteiger partial charge in [-0.25, -0.2) is 0 Å². The van der Waals surface area contributed by atoms with Gasteiger partial charge in [-0.1, -0.05) is 15.9 Å². The average molecular weight is 340 g/mol. The largest absolute Gasteiger partial charge is 0.481 e. The number of anilines is 1. The van der Waals surface area contributed by atoms with Crippen molar-refractivity contribution in [3.8, 4) is 0 Å². The molecule has 1 atom stereocenters. The van der Waals surface area contributed by atoms with E-state index in [1.807, 2.05) is 0 Å². The molecule has 20 heavy (non-hydrogen) atoms. The minimum Gasteiger partial charge on any atom is -0.481 e. The molecule has 1 heterocycles. The summed E-state index contributed by atoms with van der Waals surface area (Å²) in [6.45, 7) is 2.94. The lowest BCUT2D eigenvalue weighted by Crippen LogP contribution is -2.39. The number of hydrogen-bond donors (Lipinski definition) is 1. The third kappa shape index (κ3) is 2.35. The van der Waals surface area contributed by atoms with Gasteiger partial charge in [-0.15, -0.1) is 0 Å². The van der Waals surface area contributed by atoms with E-state index in [2.05, 4.69) is 15.9 Å². The number of nitrogens with zero attached hydrogens (tertiary/aromatic N) is 1. The molecule has 0 unspecified atom stereocenters. The van der Waals surface area contributed by atoms with Crippen LogP contribution >= 0.6 is 15.9 Å². The number of benzene rings is 1. The van der Waals surface area contributed by atoms with Crippen LogP contribution in [0.5, 0.6) is 0 Å². The van der Waals surface area contributed by atoms with Crippen LogP contribution < -0.4 is 4.90 Å². The highest BCUT2D eigenvalue weighted by molar-refractivity contribution is 9.10. The van der Waals surface area contributed by atoms with E-state index in [9.17, 15) is 19.5 Å². The first-order chi connectivity index (χ1) is 9.25. The zero-order valence-electron chi connectivity index (χ0n) is 11.1. The standard InChI is InChI=1S/C14H14BrNO4/c1-14(2,13(19)20)10-7-11(17)16(12(10)18)9-5-3-8(15)4-6-9/h3-6,10H,7H2,1-2H3,(H,19,20)/t10-/m0/s1. The Morgan fingerprint density at radius 2 is 1.85 bits per heavy atom. The molecule has 106 valence electrons. The number of hydrogen-bond acceptors (Lipinski definition) is 3. The summed E-state index contributed by atoms with van der Waals surface area (Å²) in [6, 6.07) is 6.75. The van der Waals surface area contributed by atoms with Crippen molar-refractivity contribution in [3.63, 3.8) is 0 Å². The normalized spacial score (nSPS) is 19.6. The maximum atomic E-state index is 12.4. The van der Waals surface area contributed by atoms with Gasteiger partial charge < -0.3 is 5.11 Å². The molecule has 1 fully saturated rings. The van der Waals surface area contributed by atoms with Crippen LogP contribution in [0.4, 0.5) is 5.69 Å². The first-order valence-corrected chi connectivity index (χ1v) is 6.90. The van der Waals surface area contributed by atoms with E-state index in [1.54, 1.807) is 24.3 Å².